The van der Waals surface area contributed by atoms with Gasteiger partial charge in [-0.15, -0.1) is 0 Å². The van der Waals surface area contributed by atoms with E-state index in [4.69, 9.17) is 11.6 Å². The number of hydrogen-bond acceptors (Lipinski definition) is 1. The minimum Gasteiger partial charge on any atom is -0.365 e. The Morgan fingerprint density at radius 2 is 2.00 bits per heavy atom. The maximum absolute atomic E-state index is 11.7. The summed E-state index contributed by atoms with van der Waals surface area (Å²) in [6.07, 6.45) is 2.23. The van der Waals surface area contributed by atoms with Crippen molar-refractivity contribution in [3.05, 3.63) is 68.6 Å². The summed E-state index contributed by atoms with van der Waals surface area (Å²) >= 11 is 6.07. The number of H-pyrrole nitrogens is 1. The molecule has 0 aliphatic rings. The molecule has 0 fully saturated rings. The van der Waals surface area contributed by atoms with Crippen molar-refractivity contribution < 1.29 is 0 Å². The van der Waals surface area contributed by atoms with Gasteiger partial charge in [0.05, 0.1) is 0 Å². The Labute approximate surface area is 98.9 Å². The summed E-state index contributed by atoms with van der Waals surface area (Å²) in [6, 6.07) is 9.12. The lowest BCUT2D eigenvalue weighted by Gasteiger charge is -2.06. The van der Waals surface area contributed by atoms with Crippen LogP contribution in [-0.4, -0.2) is 4.98 Å². The summed E-state index contributed by atoms with van der Waals surface area (Å²) in [6.45, 7) is 1.90. The number of nitrogens with one attached hydrogen (secondary N) is 1. The van der Waals surface area contributed by atoms with E-state index < -0.39 is 0 Å². The molecule has 0 unspecified atom stereocenters. The zero-order valence-electron chi connectivity index (χ0n) is 8.96. The molecule has 3 heteroatoms. The highest BCUT2D eigenvalue weighted by Gasteiger charge is 2.06. The summed E-state index contributed by atoms with van der Waals surface area (Å²) in [7, 11) is 0. The van der Waals surface area contributed by atoms with E-state index in [-0.39, 0.29) is 5.43 Å². The van der Waals surface area contributed by atoms with E-state index in [0.717, 1.165) is 16.8 Å². The summed E-state index contributed by atoms with van der Waals surface area (Å²) in [5.41, 5.74) is 2.70. The van der Waals surface area contributed by atoms with Gasteiger partial charge in [-0.2, -0.15) is 0 Å². The van der Waals surface area contributed by atoms with Gasteiger partial charge in [0.15, 0.2) is 5.43 Å². The summed E-state index contributed by atoms with van der Waals surface area (Å²) in [5, 5.41) is 0.699. The van der Waals surface area contributed by atoms with Crippen LogP contribution in [0.5, 0.6) is 0 Å². The van der Waals surface area contributed by atoms with Crippen LogP contribution >= 0.6 is 11.6 Å². The molecule has 0 amide bonds. The number of aromatic amines is 1. The van der Waals surface area contributed by atoms with Crippen molar-refractivity contribution in [2.75, 3.05) is 0 Å². The van der Waals surface area contributed by atoms with Crippen molar-refractivity contribution in [2.24, 2.45) is 0 Å². The zero-order valence-corrected chi connectivity index (χ0v) is 9.71. The average Bonchev–Trinajstić information content (AvgIpc) is 2.26. The number of aromatic nitrogens is 1. The third-order valence-corrected chi connectivity index (χ3v) is 2.98. The van der Waals surface area contributed by atoms with Crippen LogP contribution in [0.25, 0.3) is 0 Å². The Hall–Kier alpha value is -1.54. The molecular weight excluding hydrogens is 222 g/mol. The smallest absolute Gasteiger partial charge is 0.185 e. The second-order valence-corrected chi connectivity index (χ2v) is 4.12. The highest BCUT2D eigenvalue weighted by molar-refractivity contribution is 6.31. The number of pyridine rings is 1. The summed E-state index contributed by atoms with van der Waals surface area (Å²) in [5.74, 6) is 0. The topological polar surface area (TPSA) is 32.9 Å². The van der Waals surface area contributed by atoms with Crippen molar-refractivity contribution in [1.29, 1.82) is 0 Å². The normalized spacial score (nSPS) is 10.4. The molecule has 2 aromatic rings. The molecular formula is C13H12ClNO. The maximum atomic E-state index is 11.7. The highest BCUT2D eigenvalue weighted by Crippen LogP contribution is 2.18. The van der Waals surface area contributed by atoms with Gasteiger partial charge >= 0.3 is 0 Å². The van der Waals surface area contributed by atoms with Crippen LogP contribution in [0.3, 0.4) is 0 Å². The molecule has 0 bridgehead atoms. The Bertz CT molecular complexity index is 560. The molecule has 0 spiro atoms. The molecule has 0 radical (unpaired) electrons. The third-order valence-electron chi connectivity index (χ3n) is 2.61. The number of aryl methyl sites for hydroxylation is 1. The molecule has 82 valence electrons. The van der Waals surface area contributed by atoms with Crippen molar-refractivity contribution in [1.82, 2.24) is 4.98 Å². The van der Waals surface area contributed by atoms with E-state index in [1.165, 1.54) is 0 Å². The van der Waals surface area contributed by atoms with Crippen LogP contribution < -0.4 is 5.43 Å². The Balaban J connectivity index is 2.42. The number of rotatable bonds is 2. The fraction of sp³-hybridized carbons (Fsp3) is 0.154. The van der Waals surface area contributed by atoms with Gasteiger partial charge in [-0.1, -0.05) is 29.8 Å². The second kappa shape index (κ2) is 4.54. The SMILES string of the molecule is Cc1[nH]ccc(=O)c1Cc1ccccc1Cl. The Kier molecular flexibility index (Phi) is 3.11. The fourth-order valence-corrected chi connectivity index (χ4v) is 1.87. The first-order valence-electron chi connectivity index (χ1n) is 5.09. The van der Waals surface area contributed by atoms with Gasteiger partial charge in [0.25, 0.3) is 0 Å². The standard InChI is InChI=1S/C13H12ClNO/c1-9-11(13(16)6-7-15-9)8-10-4-2-3-5-12(10)14/h2-7H,8H2,1H3,(H,15,16). The molecule has 2 rings (SSSR count). The molecule has 1 aromatic carbocycles. The first-order chi connectivity index (χ1) is 7.68. The van der Waals surface area contributed by atoms with E-state index in [0.29, 0.717) is 11.4 Å². The fourth-order valence-electron chi connectivity index (χ4n) is 1.67. The monoisotopic (exact) mass is 233 g/mol. The third kappa shape index (κ3) is 2.17. The number of hydrogen-bond donors (Lipinski definition) is 1. The lowest BCUT2D eigenvalue weighted by Crippen LogP contribution is -2.11. The Morgan fingerprint density at radius 1 is 1.25 bits per heavy atom. The maximum Gasteiger partial charge on any atom is 0.185 e. The van der Waals surface area contributed by atoms with E-state index >= 15 is 0 Å². The molecule has 16 heavy (non-hydrogen) atoms. The summed E-state index contributed by atoms with van der Waals surface area (Å²) < 4.78 is 0. The Morgan fingerprint density at radius 3 is 2.69 bits per heavy atom. The van der Waals surface area contributed by atoms with Crippen LogP contribution in [0.1, 0.15) is 16.8 Å². The van der Waals surface area contributed by atoms with E-state index in [1.54, 1.807) is 12.3 Å². The minimum absolute atomic E-state index is 0.0520. The number of halogens is 1. The first-order valence-corrected chi connectivity index (χ1v) is 5.47. The van der Waals surface area contributed by atoms with Gasteiger partial charge in [0.2, 0.25) is 0 Å². The van der Waals surface area contributed by atoms with E-state index in [2.05, 4.69) is 4.98 Å². The van der Waals surface area contributed by atoms with Crippen molar-refractivity contribution in [2.45, 2.75) is 13.3 Å². The van der Waals surface area contributed by atoms with Gasteiger partial charge in [-0.25, -0.2) is 0 Å². The zero-order chi connectivity index (χ0) is 11.5. The predicted molar refractivity (Wildman–Crippen MR) is 66.1 cm³/mol. The van der Waals surface area contributed by atoms with Crippen LogP contribution in [0.4, 0.5) is 0 Å². The molecule has 0 saturated carbocycles. The van der Waals surface area contributed by atoms with Crippen LogP contribution in [0.2, 0.25) is 5.02 Å². The van der Waals surface area contributed by atoms with Crippen molar-refractivity contribution >= 4 is 11.6 Å². The largest absolute Gasteiger partial charge is 0.365 e. The molecule has 0 aliphatic heterocycles. The molecule has 0 atom stereocenters. The first kappa shape index (κ1) is 11.0. The molecule has 1 aromatic heterocycles. The average molecular weight is 234 g/mol. The van der Waals surface area contributed by atoms with Gasteiger partial charge in [-0.3, -0.25) is 4.79 Å². The lowest BCUT2D eigenvalue weighted by molar-refractivity contribution is 1.06. The second-order valence-electron chi connectivity index (χ2n) is 3.71. The van der Waals surface area contributed by atoms with Gasteiger partial charge in [0.1, 0.15) is 0 Å². The van der Waals surface area contributed by atoms with Gasteiger partial charge < -0.3 is 4.98 Å². The van der Waals surface area contributed by atoms with E-state index in [9.17, 15) is 4.79 Å². The van der Waals surface area contributed by atoms with Gasteiger partial charge in [-0.05, 0) is 18.6 Å². The molecule has 1 heterocycles. The number of benzene rings is 1. The van der Waals surface area contributed by atoms with Crippen LogP contribution in [0.15, 0.2) is 41.3 Å². The highest BCUT2D eigenvalue weighted by atomic mass is 35.5. The minimum atomic E-state index is 0.0520. The van der Waals surface area contributed by atoms with Crippen LogP contribution in [0, 0.1) is 6.92 Å². The van der Waals surface area contributed by atoms with Crippen LogP contribution in [-0.2, 0) is 6.42 Å². The van der Waals surface area contributed by atoms with Crippen molar-refractivity contribution in [3.63, 3.8) is 0 Å². The molecule has 2 nitrogen and oxygen atoms in total. The van der Waals surface area contributed by atoms with Gasteiger partial charge in [0, 0.05) is 35.0 Å². The lowest BCUT2D eigenvalue weighted by atomic mass is 10.0. The molecule has 1 N–H and O–H groups in total. The van der Waals surface area contributed by atoms with E-state index in [1.807, 2.05) is 31.2 Å². The molecule has 0 aliphatic carbocycles. The van der Waals surface area contributed by atoms with Crippen molar-refractivity contribution in [3.8, 4) is 0 Å². The molecule has 0 saturated heterocycles. The quantitative estimate of drug-likeness (QED) is 0.850. The predicted octanol–water partition coefficient (Wildman–Crippen LogP) is 2.93. The summed E-state index contributed by atoms with van der Waals surface area (Å²) in [4.78, 5) is 14.7.